The second-order valence-electron chi connectivity index (χ2n) is 8.41. The third kappa shape index (κ3) is 3.33. The number of benzene rings is 2. The van der Waals surface area contributed by atoms with E-state index in [2.05, 4.69) is 26.2 Å². The molecule has 0 radical (unpaired) electrons. The fourth-order valence-electron chi connectivity index (χ4n) is 4.80. The SMILES string of the molecule is COc1ccc2[nH]c(CCN3C(=O)c4[nH]nc(-c5ccccc5)c4[C@H]3c3cccnc3)cc2c1. The van der Waals surface area contributed by atoms with Crippen molar-refractivity contribution in [2.24, 2.45) is 0 Å². The van der Waals surface area contributed by atoms with E-state index in [1.165, 1.54) is 0 Å². The van der Waals surface area contributed by atoms with Crippen LogP contribution in [0.5, 0.6) is 5.75 Å². The molecule has 1 atom stereocenters. The Labute approximate surface area is 196 Å². The quantitative estimate of drug-likeness (QED) is 0.392. The molecular formula is C27H23N5O2. The number of methoxy groups -OCH3 is 1. The molecule has 7 heteroatoms. The average molecular weight is 450 g/mol. The van der Waals surface area contributed by atoms with Crippen LogP contribution in [0.2, 0.25) is 0 Å². The summed E-state index contributed by atoms with van der Waals surface area (Å²) in [4.78, 5) is 23.2. The maximum absolute atomic E-state index is 13.5. The first kappa shape index (κ1) is 20.2. The van der Waals surface area contributed by atoms with Gasteiger partial charge in [0.15, 0.2) is 0 Å². The van der Waals surface area contributed by atoms with Crippen molar-refractivity contribution in [1.29, 1.82) is 0 Å². The first-order valence-corrected chi connectivity index (χ1v) is 11.2. The number of H-pyrrole nitrogens is 2. The molecule has 2 N–H and O–H groups in total. The Kier molecular flexibility index (Phi) is 4.87. The van der Waals surface area contributed by atoms with Gasteiger partial charge in [0.25, 0.3) is 5.91 Å². The number of hydrogen-bond acceptors (Lipinski definition) is 4. The molecule has 0 bridgehead atoms. The highest BCUT2D eigenvalue weighted by molar-refractivity contribution is 6.00. The molecule has 0 aliphatic carbocycles. The van der Waals surface area contributed by atoms with Crippen LogP contribution in [-0.2, 0) is 6.42 Å². The lowest BCUT2D eigenvalue weighted by Gasteiger charge is -2.26. The van der Waals surface area contributed by atoms with E-state index in [1.54, 1.807) is 13.3 Å². The molecule has 4 heterocycles. The van der Waals surface area contributed by atoms with Crippen LogP contribution < -0.4 is 4.74 Å². The van der Waals surface area contributed by atoms with Crippen molar-refractivity contribution in [2.45, 2.75) is 12.5 Å². The van der Waals surface area contributed by atoms with Crippen molar-refractivity contribution < 1.29 is 9.53 Å². The number of nitrogens with zero attached hydrogens (tertiary/aromatic N) is 3. The number of carbonyl (C=O) groups excluding carboxylic acids is 1. The number of carbonyl (C=O) groups is 1. The molecule has 34 heavy (non-hydrogen) atoms. The highest BCUT2D eigenvalue weighted by atomic mass is 16.5. The number of pyridine rings is 1. The summed E-state index contributed by atoms with van der Waals surface area (Å²) in [6, 6.07) is 21.7. The van der Waals surface area contributed by atoms with E-state index in [1.807, 2.05) is 71.8 Å². The molecule has 168 valence electrons. The van der Waals surface area contributed by atoms with Crippen LogP contribution in [0.4, 0.5) is 0 Å². The molecule has 0 spiro atoms. The minimum absolute atomic E-state index is 0.0451. The Bertz CT molecular complexity index is 1470. The predicted octanol–water partition coefficient (Wildman–Crippen LogP) is 4.75. The van der Waals surface area contributed by atoms with Crippen LogP contribution in [0.3, 0.4) is 0 Å². The number of aromatic amines is 2. The second kappa shape index (κ2) is 8.19. The van der Waals surface area contributed by atoms with Crippen LogP contribution in [0.15, 0.2) is 79.1 Å². The Balaban J connectivity index is 1.36. The molecule has 2 aromatic carbocycles. The summed E-state index contributed by atoms with van der Waals surface area (Å²) < 4.78 is 5.34. The third-order valence-electron chi connectivity index (χ3n) is 6.42. The van der Waals surface area contributed by atoms with Gasteiger partial charge in [0.2, 0.25) is 0 Å². The minimum atomic E-state index is -0.255. The van der Waals surface area contributed by atoms with Gasteiger partial charge in [0.1, 0.15) is 11.4 Å². The number of amides is 1. The zero-order chi connectivity index (χ0) is 23.1. The lowest BCUT2D eigenvalue weighted by molar-refractivity contribution is 0.0745. The second-order valence-corrected chi connectivity index (χ2v) is 8.41. The maximum Gasteiger partial charge on any atom is 0.273 e. The molecule has 3 aromatic heterocycles. The fourth-order valence-corrected chi connectivity index (χ4v) is 4.80. The van der Waals surface area contributed by atoms with Crippen molar-refractivity contribution >= 4 is 16.8 Å². The molecular weight excluding hydrogens is 426 g/mol. The molecule has 0 fully saturated rings. The molecule has 0 saturated carbocycles. The van der Waals surface area contributed by atoms with E-state index >= 15 is 0 Å². The van der Waals surface area contributed by atoms with E-state index in [0.29, 0.717) is 18.7 Å². The van der Waals surface area contributed by atoms with E-state index in [9.17, 15) is 4.79 Å². The zero-order valence-corrected chi connectivity index (χ0v) is 18.7. The van der Waals surface area contributed by atoms with Crippen LogP contribution in [-0.4, -0.2) is 44.6 Å². The van der Waals surface area contributed by atoms with Gasteiger partial charge in [-0.25, -0.2) is 0 Å². The van der Waals surface area contributed by atoms with Crippen molar-refractivity contribution in [3.8, 4) is 17.0 Å². The lowest BCUT2D eigenvalue weighted by atomic mass is 9.97. The summed E-state index contributed by atoms with van der Waals surface area (Å²) in [5.41, 5.74) is 6.33. The summed E-state index contributed by atoms with van der Waals surface area (Å²) >= 11 is 0. The molecule has 1 amide bonds. The van der Waals surface area contributed by atoms with Gasteiger partial charge >= 0.3 is 0 Å². The molecule has 6 rings (SSSR count). The topological polar surface area (TPSA) is 86.9 Å². The van der Waals surface area contributed by atoms with E-state index < -0.39 is 0 Å². The van der Waals surface area contributed by atoms with Gasteiger partial charge in [-0.2, -0.15) is 5.10 Å². The van der Waals surface area contributed by atoms with E-state index in [0.717, 1.165) is 44.7 Å². The highest BCUT2D eigenvalue weighted by Gasteiger charge is 2.42. The molecule has 5 aromatic rings. The fraction of sp³-hybridized carbons (Fsp3) is 0.148. The minimum Gasteiger partial charge on any atom is -0.497 e. The molecule has 0 saturated heterocycles. The van der Waals surface area contributed by atoms with Crippen LogP contribution in [0, 0.1) is 0 Å². The van der Waals surface area contributed by atoms with Gasteiger partial charge < -0.3 is 14.6 Å². The number of rotatable bonds is 6. The van der Waals surface area contributed by atoms with E-state index in [-0.39, 0.29) is 11.9 Å². The summed E-state index contributed by atoms with van der Waals surface area (Å²) in [5.74, 6) is 0.778. The van der Waals surface area contributed by atoms with Gasteiger partial charge in [0.05, 0.1) is 18.8 Å². The van der Waals surface area contributed by atoms with Crippen molar-refractivity contribution in [2.75, 3.05) is 13.7 Å². The van der Waals surface area contributed by atoms with Crippen LogP contribution in [0.25, 0.3) is 22.2 Å². The number of fused-ring (bicyclic) bond motifs is 2. The van der Waals surface area contributed by atoms with Crippen molar-refractivity contribution in [3.63, 3.8) is 0 Å². The van der Waals surface area contributed by atoms with Gasteiger partial charge in [0, 0.05) is 53.1 Å². The number of aromatic nitrogens is 4. The number of hydrogen-bond donors (Lipinski definition) is 2. The molecule has 1 aliphatic rings. The number of ether oxygens (including phenoxy) is 1. The largest absolute Gasteiger partial charge is 0.497 e. The van der Waals surface area contributed by atoms with Gasteiger partial charge in [-0.15, -0.1) is 0 Å². The Morgan fingerprint density at radius 1 is 1.06 bits per heavy atom. The lowest BCUT2D eigenvalue weighted by Crippen LogP contribution is -2.31. The van der Waals surface area contributed by atoms with Crippen molar-refractivity contribution in [3.05, 3.63) is 102 Å². The first-order valence-electron chi connectivity index (χ1n) is 11.2. The van der Waals surface area contributed by atoms with Crippen LogP contribution in [0.1, 0.15) is 33.4 Å². The summed E-state index contributed by atoms with van der Waals surface area (Å²) in [6.07, 6.45) is 4.27. The smallest absolute Gasteiger partial charge is 0.273 e. The van der Waals surface area contributed by atoms with Crippen LogP contribution >= 0.6 is 0 Å². The van der Waals surface area contributed by atoms with Crippen molar-refractivity contribution in [1.82, 2.24) is 25.1 Å². The molecule has 0 unspecified atom stereocenters. The predicted molar refractivity (Wildman–Crippen MR) is 130 cm³/mol. The molecule has 1 aliphatic heterocycles. The standard InChI is InChI=1S/C27H23N5O2/c1-34-21-9-10-22-19(15-21)14-20(29-22)11-13-32-26(18-8-5-12-28-16-18)23-24(17-6-3-2-4-7-17)30-31-25(23)27(32)33/h2-10,12,14-16,26,29H,11,13H2,1H3,(H,30,31)/t26-/m1/s1. The van der Waals surface area contributed by atoms with Gasteiger partial charge in [-0.1, -0.05) is 36.4 Å². The van der Waals surface area contributed by atoms with E-state index in [4.69, 9.17) is 4.74 Å². The summed E-state index contributed by atoms with van der Waals surface area (Å²) in [7, 11) is 1.67. The monoisotopic (exact) mass is 449 g/mol. The Morgan fingerprint density at radius 2 is 1.94 bits per heavy atom. The summed E-state index contributed by atoms with van der Waals surface area (Å²) in [5, 5.41) is 8.62. The first-order chi connectivity index (χ1) is 16.7. The molecule has 7 nitrogen and oxygen atoms in total. The van der Waals surface area contributed by atoms with Gasteiger partial charge in [-0.05, 0) is 35.9 Å². The Morgan fingerprint density at radius 3 is 2.74 bits per heavy atom. The zero-order valence-electron chi connectivity index (χ0n) is 18.7. The maximum atomic E-state index is 13.5. The Hall–Kier alpha value is -4.39. The average Bonchev–Trinajstić information content (AvgIpc) is 3.57. The van der Waals surface area contributed by atoms with Gasteiger partial charge in [-0.3, -0.25) is 14.9 Å². The third-order valence-corrected chi connectivity index (χ3v) is 6.42. The number of nitrogens with one attached hydrogen (secondary N) is 2. The summed E-state index contributed by atoms with van der Waals surface area (Å²) in [6.45, 7) is 0.555. The normalized spacial score (nSPS) is 15.1. The highest BCUT2D eigenvalue weighted by Crippen LogP contribution is 2.42.